The Kier molecular flexibility index (Phi) is 2.76. The molecule has 0 heterocycles. The van der Waals surface area contributed by atoms with E-state index in [-0.39, 0.29) is 23.0 Å². The molecule has 4 aliphatic carbocycles. The number of hydrogen-bond acceptors (Lipinski definition) is 4. The molecule has 2 atom stereocenters. The first-order chi connectivity index (χ1) is 9.01. The quantitative estimate of drug-likeness (QED) is 0.775. The summed E-state index contributed by atoms with van der Waals surface area (Å²) in [5.41, 5.74) is -0.634. The SMILES string of the molecule is COC(=O)NC12CC3CC(C1)CC(C(=O)OC)(C3)C2. The fraction of sp³-hybridized carbons (Fsp3) is 0.857. The standard InChI is InChI=1S/C14H21NO4/c1-18-11(16)13-4-9-3-10(5-13)7-14(6-9,8-13)15-12(17)19-2/h9-10H,3-8H2,1-2H3,(H,15,17). The summed E-state index contributed by atoms with van der Waals surface area (Å²) in [5, 5.41) is 3.01. The molecular weight excluding hydrogens is 246 g/mol. The van der Waals surface area contributed by atoms with Gasteiger partial charge in [-0.25, -0.2) is 4.79 Å². The van der Waals surface area contributed by atoms with Gasteiger partial charge >= 0.3 is 12.1 Å². The lowest BCUT2D eigenvalue weighted by Crippen LogP contribution is -2.64. The zero-order chi connectivity index (χ0) is 13.7. The molecule has 1 amide bonds. The first-order valence-corrected chi connectivity index (χ1v) is 6.95. The summed E-state index contributed by atoms with van der Waals surface area (Å²) < 4.78 is 9.77. The molecule has 4 rings (SSSR count). The molecule has 0 aromatic rings. The maximum Gasteiger partial charge on any atom is 0.407 e. The van der Waals surface area contributed by atoms with Crippen molar-refractivity contribution < 1.29 is 19.1 Å². The fourth-order valence-corrected chi connectivity index (χ4v) is 5.13. The summed E-state index contributed by atoms with van der Waals surface area (Å²) >= 11 is 0. The molecule has 1 N–H and O–H groups in total. The Hall–Kier alpha value is -1.26. The van der Waals surface area contributed by atoms with Crippen molar-refractivity contribution in [1.29, 1.82) is 0 Å². The maximum absolute atomic E-state index is 12.2. The normalized spacial score (nSPS) is 42.8. The van der Waals surface area contributed by atoms with E-state index in [0.29, 0.717) is 18.3 Å². The van der Waals surface area contributed by atoms with Crippen LogP contribution in [0, 0.1) is 17.3 Å². The van der Waals surface area contributed by atoms with E-state index in [1.54, 1.807) is 0 Å². The largest absolute Gasteiger partial charge is 0.469 e. The Morgan fingerprint density at radius 3 is 2.21 bits per heavy atom. The molecule has 4 fully saturated rings. The third-order valence-electron chi connectivity index (χ3n) is 5.23. The number of methoxy groups -OCH3 is 2. The van der Waals surface area contributed by atoms with Crippen molar-refractivity contribution in [2.45, 2.75) is 44.1 Å². The third-order valence-corrected chi connectivity index (χ3v) is 5.23. The van der Waals surface area contributed by atoms with E-state index >= 15 is 0 Å². The molecule has 4 bridgehead atoms. The lowest BCUT2D eigenvalue weighted by molar-refractivity contribution is -0.171. The first-order valence-electron chi connectivity index (χ1n) is 6.95. The molecule has 19 heavy (non-hydrogen) atoms. The molecule has 4 aliphatic rings. The van der Waals surface area contributed by atoms with E-state index in [2.05, 4.69) is 5.32 Å². The van der Waals surface area contributed by atoms with Crippen molar-refractivity contribution in [2.75, 3.05) is 14.2 Å². The van der Waals surface area contributed by atoms with Crippen LogP contribution in [0.15, 0.2) is 0 Å². The number of amides is 1. The molecule has 0 aromatic heterocycles. The van der Waals surface area contributed by atoms with Gasteiger partial charge < -0.3 is 14.8 Å². The van der Waals surface area contributed by atoms with Crippen molar-refractivity contribution in [1.82, 2.24) is 5.32 Å². The summed E-state index contributed by atoms with van der Waals surface area (Å²) in [6.45, 7) is 0. The van der Waals surface area contributed by atoms with Crippen LogP contribution in [-0.2, 0) is 14.3 Å². The number of carbonyl (C=O) groups excluding carboxylic acids is 2. The smallest absolute Gasteiger partial charge is 0.407 e. The molecule has 0 aliphatic heterocycles. The van der Waals surface area contributed by atoms with Crippen LogP contribution in [0.4, 0.5) is 4.79 Å². The molecule has 2 unspecified atom stereocenters. The van der Waals surface area contributed by atoms with E-state index in [4.69, 9.17) is 9.47 Å². The van der Waals surface area contributed by atoms with Crippen LogP contribution in [-0.4, -0.2) is 31.8 Å². The van der Waals surface area contributed by atoms with Gasteiger partial charge in [0.2, 0.25) is 0 Å². The average Bonchev–Trinajstić information content (AvgIpc) is 2.35. The van der Waals surface area contributed by atoms with E-state index in [0.717, 1.165) is 25.7 Å². The Morgan fingerprint density at radius 1 is 1.05 bits per heavy atom. The Balaban J connectivity index is 1.88. The molecule has 4 saturated carbocycles. The minimum absolute atomic E-state index is 0.0994. The van der Waals surface area contributed by atoms with Crippen molar-refractivity contribution in [3.63, 3.8) is 0 Å². The highest BCUT2D eigenvalue weighted by molar-refractivity contribution is 5.78. The number of nitrogens with one attached hydrogen (secondary N) is 1. The molecule has 0 aromatic carbocycles. The highest BCUT2D eigenvalue weighted by atomic mass is 16.5. The lowest BCUT2D eigenvalue weighted by atomic mass is 9.47. The van der Waals surface area contributed by atoms with Crippen molar-refractivity contribution >= 4 is 12.1 Å². The average molecular weight is 267 g/mol. The first kappa shape index (κ1) is 12.8. The zero-order valence-electron chi connectivity index (χ0n) is 11.5. The van der Waals surface area contributed by atoms with Crippen LogP contribution >= 0.6 is 0 Å². The van der Waals surface area contributed by atoms with Gasteiger partial charge in [0.1, 0.15) is 0 Å². The van der Waals surface area contributed by atoms with Gasteiger partial charge in [-0.2, -0.15) is 0 Å². The predicted octanol–water partition coefficient (Wildman–Crippen LogP) is 1.85. The van der Waals surface area contributed by atoms with Crippen LogP contribution in [0.1, 0.15) is 38.5 Å². The van der Waals surface area contributed by atoms with Gasteiger partial charge in [0.15, 0.2) is 0 Å². The number of alkyl carbamates (subject to hydrolysis) is 1. The Bertz CT molecular complexity index is 406. The van der Waals surface area contributed by atoms with Crippen LogP contribution in [0.5, 0.6) is 0 Å². The Morgan fingerprint density at radius 2 is 1.68 bits per heavy atom. The van der Waals surface area contributed by atoms with Crippen molar-refractivity contribution in [3.8, 4) is 0 Å². The van der Waals surface area contributed by atoms with Gasteiger partial charge in [-0.3, -0.25) is 4.79 Å². The number of ether oxygens (including phenoxy) is 2. The van der Waals surface area contributed by atoms with Gasteiger partial charge in [-0.1, -0.05) is 0 Å². The highest BCUT2D eigenvalue weighted by Gasteiger charge is 2.61. The van der Waals surface area contributed by atoms with Crippen molar-refractivity contribution in [3.05, 3.63) is 0 Å². The van der Waals surface area contributed by atoms with Gasteiger partial charge in [-0.15, -0.1) is 0 Å². The molecule has 0 saturated heterocycles. The number of hydrogen-bond donors (Lipinski definition) is 1. The minimum atomic E-state index is -0.387. The summed E-state index contributed by atoms with van der Waals surface area (Å²) in [7, 11) is 2.84. The molecule has 0 spiro atoms. The van der Waals surface area contributed by atoms with E-state index < -0.39 is 0 Å². The number of rotatable bonds is 2. The molecular formula is C14H21NO4. The second-order valence-corrected chi connectivity index (χ2v) is 6.63. The highest BCUT2D eigenvalue weighted by Crippen LogP contribution is 2.61. The van der Waals surface area contributed by atoms with Gasteiger partial charge in [0, 0.05) is 5.54 Å². The molecule has 106 valence electrons. The van der Waals surface area contributed by atoms with Crippen LogP contribution in [0.25, 0.3) is 0 Å². The van der Waals surface area contributed by atoms with Crippen LogP contribution < -0.4 is 5.32 Å². The van der Waals surface area contributed by atoms with Crippen LogP contribution in [0.3, 0.4) is 0 Å². The van der Waals surface area contributed by atoms with E-state index in [9.17, 15) is 9.59 Å². The molecule has 5 heteroatoms. The second kappa shape index (κ2) is 4.12. The number of esters is 1. The van der Waals surface area contributed by atoms with Gasteiger partial charge in [0.25, 0.3) is 0 Å². The van der Waals surface area contributed by atoms with E-state index in [1.807, 2.05) is 0 Å². The minimum Gasteiger partial charge on any atom is -0.469 e. The van der Waals surface area contributed by atoms with Crippen molar-refractivity contribution in [2.24, 2.45) is 17.3 Å². The lowest BCUT2D eigenvalue weighted by Gasteiger charge is -2.60. The molecule has 5 nitrogen and oxygen atoms in total. The monoisotopic (exact) mass is 267 g/mol. The summed E-state index contributed by atoms with van der Waals surface area (Å²) in [6.07, 6.45) is 5.27. The number of carbonyl (C=O) groups is 2. The third kappa shape index (κ3) is 1.90. The summed E-state index contributed by atoms with van der Waals surface area (Å²) in [4.78, 5) is 23.8. The summed E-state index contributed by atoms with van der Waals surface area (Å²) in [5.74, 6) is 0.952. The van der Waals surface area contributed by atoms with Gasteiger partial charge in [0.05, 0.1) is 19.6 Å². The second-order valence-electron chi connectivity index (χ2n) is 6.63. The Labute approximate surface area is 113 Å². The topological polar surface area (TPSA) is 64.6 Å². The van der Waals surface area contributed by atoms with Crippen LogP contribution in [0.2, 0.25) is 0 Å². The van der Waals surface area contributed by atoms with Gasteiger partial charge in [-0.05, 0) is 50.4 Å². The predicted molar refractivity (Wildman–Crippen MR) is 67.4 cm³/mol. The zero-order valence-corrected chi connectivity index (χ0v) is 11.5. The van der Waals surface area contributed by atoms with E-state index in [1.165, 1.54) is 20.6 Å². The molecule has 0 radical (unpaired) electrons. The summed E-state index contributed by atoms with van der Waals surface area (Å²) in [6, 6.07) is 0. The maximum atomic E-state index is 12.2. The fourth-order valence-electron chi connectivity index (χ4n) is 5.13.